The topological polar surface area (TPSA) is 125 Å². The van der Waals surface area contributed by atoms with E-state index in [0.29, 0.717) is 19.7 Å². The number of unbranched alkanes of at least 4 members (excludes halogenated alkanes) is 2. The highest BCUT2D eigenvalue weighted by Crippen LogP contribution is 2.33. The van der Waals surface area contributed by atoms with Gasteiger partial charge >= 0.3 is 5.97 Å². The van der Waals surface area contributed by atoms with E-state index in [0.717, 1.165) is 62.6 Å². The van der Waals surface area contributed by atoms with E-state index < -0.39 is 17.8 Å². The number of aromatic nitrogens is 1. The molecule has 1 unspecified atom stereocenters. The van der Waals surface area contributed by atoms with Crippen LogP contribution in [0.2, 0.25) is 0 Å². The van der Waals surface area contributed by atoms with Gasteiger partial charge in [-0.2, -0.15) is 0 Å². The lowest BCUT2D eigenvalue weighted by molar-refractivity contribution is -0.150. The highest BCUT2D eigenvalue weighted by molar-refractivity contribution is 6.03. The van der Waals surface area contributed by atoms with Gasteiger partial charge in [0, 0.05) is 48.9 Å². The highest BCUT2D eigenvalue weighted by atomic mass is 19.1. The molecular formula is C26H34FN5O3. The fourth-order valence-corrected chi connectivity index (χ4v) is 4.91. The van der Waals surface area contributed by atoms with E-state index >= 15 is 0 Å². The molecule has 1 aromatic heterocycles. The van der Waals surface area contributed by atoms with Crippen LogP contribution in [0.4, 0.5) is 15.9 Å². The van der Waals surface area contributed by atoms with Gasteiger partial charge in [-0.05, 0) is 68.4 Å². The number of nitrogens with one attached hydrogen (secondary N) is 2. The molecule has 4 rings (SSSR count). The molecule has 2 aliphatic rings. The molecule has 0 radical (unpaired) electrons. The van der Waals surface area contributed by atoms with Crippen LogP contribution in [0.3, 0.4) is 0 Å². The minimum Gasteiger partial charge on any atom is -0.480 e. The molecule has 1 atom stereocenters. The number of rotatable bonds is 11. The third kappa shape index (κ3) is 5.97. The van der Waals surface area contributed by atoms with Crippen molar-refractivity contribution < 1.29 is 19.0 Å². The van der Waals surface area contributed by atoms with Crippen molar-refractivity contribution in [1.82, 2.24) is 9.88 Å². The third-order valence-corrected chi connectivity index (χ3v) is 6.69. The van der Waals surface area contributed by atoms with Crippen LogP contribution in [0.5, 0.6) is 0 Å². The smallest absolute Gasteiger partial charge is 0.325 e. The molecule has 0 aliphatic carbocycles. The summed E-state index contributed by atoms with van der Waals surface area (Å²) in [6.07, 6.45) is 6.15. The number of hydrogen-bond donors (Lipinski definition) is 4. The molecule has 1 fully saturated rings. The van der Waals surface area contributed by atoms with E-state index in [9.17, 15) is 14.3 Å². The Morgan fingerprint density at radius 1 is 1.34 bits per heavy atom. The summed E-state index contributed by atoms with van der Waals surface area (Å²) in [5.74, 6) is -0.666. The maximum atomic E-state index is 14.0. The van der Waals surface area contributed by atoms with Crippen LogP contribution in [-0.4, -0.2) is 59.0 Å². The minimum atomic E-state index is -1.10. The molecule has 9 heteroatoms. The van der Waals surface area contributed by atoms with Gasteiger partial charge in [0.25, 0.3) is 0 Å². The SMILES string of the molecule is CC(=N)c1c(N)cc(F)cc1C(C(=O)O)N1CC(OCCCCCc2ccc3c(n2)NCCC3)C1. The van der Waals surface area contributed by atoms with Crippen LogP contribution in [-0.2, 0) is 22.4 Å². The summed E-state index contributed by atoms with van der Waals surface area (Å²) >= 11 is 0. The first-order chi connectivity index (χ1) is 16.8. The molecule has 0 bridgehead atoms. The van der Waals surface area contributed by atoms with E-state index in [-0.39, 0.29) is 28.6 Å². The van der Waals surface area contributed by atoms with Crippen molar-refractivity contribution in [3.05, 3.63) is 52.5 Å². The van der Waals surface area contributed by atoms with Crippen LogP contribution < -0.4 is 11.1 Å². The molecule has 3 heterocycles. The van der Waals surface area contributed by atoms with Crippen LogP contribution >= 0.6 is 0 Å². The first-order valence-corrected chi connectivity index (χ1v) is 12.3. The number of nitrogens with two attached hydrogens (primary N) is 1. The molecule has 5 N–H and O–H groups in total. The number of nitrogens with zero attached hydrogens (tertiary/aromatic N) is 2. The molecule has 8 nitrogen and oxygen atoms in total. The van der Waals surface area contributed by atoms with Gasteiger partial charge in [0.1, 0.15) is 17.7 Å². The number of pyridine rings is 1. The zero-order valence-electron chi connectivity index (χ0n) is 20.1. The maximum absolute atomic E-state index is 14.0. The largest absolute Gasteiger partial charge is 0.480 e. The number of benzene rings is 1. The number of halogens is 1. The average Bonchev–Trinajstić information content (AvgIpc) is 2.78. The van der Waals surface area contributed by atoms with Gasteiger partial charge in [-0.15, -0.1) is 0 Å². The zero-order valence-corrected chi connectivity index (χ0v) is 20.1. The second-order valence-corrected chi connectivity index (χ2v) is 9.42. The number of carboxylic acid groups (broad SMARTS) is 1. The second-order valence-electron chi connectivity index (χ2n) is 9.42. The van der Waals surface area contributed by atoms with Crippen molar-refractivity contribution in [2.45, 2.75) is 57.6 Å². The number of carboxylic acids is 1. The highest BCUT2D eigenvalue weighted by Gasteiger charge is 2.39. The summed E-state index contributed by atoms with van der Waals surface area (Å²) in [5, 5.41) is 21.2. The molecule has 0 spiro atoms. The van der Waals surface area contributed by atoms with Gasteiger partial charge in [-0.25, -0.2) is 9.37 Å². The van der Waals surface area contributed by atoms with Crippen molar-refractivity contribution in [2.24, 2.45) is 0 Å². The zero-order chi connectivity index (χ0) is 24.9. The van der Waals surface area contributed by atoms with Gasteiger partial charge in [0.2, 0.25) is 0 Å². The number of aliphatic carboxylic acids is 1. The predicted octanol–water partition coefficient (Wildman–Crippen LogP) is 3.79. The fourth-order valence-electron chi connectivity index (χ4n) is 4.91. The lowest BCUT2D eigenvalue weighted by Crippen LogP contribution is -2.55. The van der Waals surface area contributed by atoms with Gasteiger partial charge in [0.15, 0.2) is 0 Å². The van der Waals surface area contributed by atoms with E-state index in [1.807, 2.05) is 0 Å². The minimum absolute atomic E-state index is 0.0549. The Bertz CT molecular complexity index is 1090. The molecule has 35 heavy (non-hydrogen) atoms. The number of anilines is 2. The summed E-state index contributed by atoms with van der Waals surface area (Å²) < 4.78 is 19.9. The Labute approximate surface area is 205 Å². The van der Waals surface area contributed by atoms with Crippen LogP contribution in [0.25, 0.3) is 0 Å². The molecule has 2 aliphatic heterocycles. The second kappa shape index (κ2) is 11.1. The Morgan fingerprint density at radius 2 is 2.14 bits per heavy atom. The molecule has 0 saturated carbocycles. The molecule has 2 aromatic rings. The van der Waals surface area contributed by atoms with E-state index in [1.54, 1.807) is 4.90 Å². The third-order valence-electron chi connectivity index (χ3n) is 6.69. The number of likely N-dealkylation sites (tertiary alicyclic amines) is 1. The Kier molecular flexibility index (Phi) is 7.97. The van der Waals surface area contributed by atoms with Gasteiger partial charge in [0.05, 0.1) is 6.10 Å². The van der Waals surface area contributed by atoms with Crippen LogP contribution in [0.15, 0.2) is 24.3 Å². The first kappa shape index (κ1) is 25.1. The number of hydrogen-bond acceptors (Lipinski definition) is 7. The van der Waals surface area contributed by atoms with E-state index in [4.69, 9.17) is 20.9 Å². The fraction of sp³-hybridized carbons (Fsp3) is 0.500. The Hall–Kier alpha value is -3.04. The van der Waals surface area contributed by atoms with Crippen molar-refractivity contribution in [3.8, 4) is 0 Å². The Balaban J connectivity index is 1.21. The lowest BCUT2D eigenvalue weighted by atomic mass is 9.92. The quantitative estimate of drug-likeness (QED) is 0.218. The molecular weight excluding hydrogens is 449 g/mol. The summed E-state index contributed by atoms with van der Waals surface area (Å²) in [6.45, 7) is 4.01. The number of fused-ring (bicyclic) bond motifs is 1. The van der Waals surface area contributed by atoms with E-state index in [2.05, 4.69) is 17.4 Å². The number of carbonyl (C=O) groups is 1. The molecule has 188 valence electrons. The van der Waals surface area contributed by atoms with Gasteiger partial charge in [-0.3, -0.25) is 9.69 Å². The number of nitrogen functional groups attached to an aromatic ring is 1. The maximum Gasteiger partial charge on any atom is 0.325 e. The summed E-state index contributed by atoms with van der Waals surface area (Å²) in [4.78, 5) is 18.5. The number of ether oxygens (including phenoxy) is 1. The van der Waals surface area contributed by atoms with Gasteiger partial charge < -0.3 is 26.3 Å². The summed E-state index contributed by atoms with van der Waals surface area (Å²) in [6, 6.07) is 5.54. The predicted molar refractivity (Wildman–Crippen MR) is 134 cm³/mol. The summed E-state index contributed by atoms with van der Waals surface area (Å²) in [7, 11) is 0. The Morgan fingerprint density at radius 3 is 2.89 bits per heavy atom. The molecule has 1 aromatic carbocycles. The summed E-state index contributed by atoms with van der Waals surface area (Å²) in [5.41, 5.74) is 9.00. The van der Waals surface area contributed by atoms with Crippen molar-refractivity contribution in [3.63, 3.8) is 0 Å². The number of aryl methyl sites for hydroxylation is 2. The standard InChI is InChI=1S/C26H34FN5O3/c1-16(28)23-21(12-18(27)13-22(23)29)24(26(33)34)32-14-20(15-32)35-11-4-2-3-7-19-9-8-17-6-5-10-30-25(17)31-19/h8-9,12-13,20,24,28H,2-7,10-11,14-15,29H2,1H3,(H,30,31)(H,33,34). The van der Waals surface area contributed by atoms with E-state index in [1.165, 1.54) is 18.6 Å². The van der Waals surface area contributed by atoms with Crippen LogP contribution in [0.1, 0.15) is 61.0 Å². The first-order valence-electron chi connectivity index (χ1n) is 12.3. The molecule has 1 saturated heterocycles. The van der Waals surface area contributed by atoms with Crippen LogP contribution in [0, 0.1) is 11.2 Å². The molecule has 0 amide bonds. The normalized spacial score (nSPS) is 16.7. The van der Waals surface area contributed by atoms with Crippen molar-refractivity contribution in [2.75, 3.05) is 37.3 Å². The van der Waals surface area contributed by atoms with Crippen molar-refractivity contribution >= 4 is 23.2 Å². The monoisotopic (exact) mass is 483 g/mol. The lowest BCUT2D eigenvalue weighted by Gasteiger charge is -2.42. The van der Waals surface area contributed by atoms with Gasteiger partial charge in [-0.1, -0.05) is 12.5 Å². The van der Waals surface area contributed by atoms with Crippen molar-refractivity contribution in [1.29, 1.82) is 5.41 Å². The average molecular weight is 484 g/mol.